The Morgan fingerprint density at radius 1 is 1.50 bits per heavy atom. The number of hydrogen-bond acceptors (Lipinski definition) is 4. The highest BCUT2D eigenvalue weighted by molar-refractivity contribution is 4.78. The maximum atomic E-state index is 7.97. The standard InChI is InChI=1S/C6H12O4/c1-3-8-5-9-4-6(2)10-7/h7H,2-5H2,1H3. The second-order valence-electron chi connectivity index (χ2n) is 1.59. The van der Waals surface area contributed by atoms with Crippen molar-refractivity contribution in [2.75, 3.05) is 20.0 Å². The van der Waals surface area contributed by atoms with E-state index in [2.05, 4.69) is 11.5 Å². The van der Waals surface area contributed by atoms with E-state index in [1.165, 1.54) is 0 Å². The van der Waals surface area contributed by atoms with E-state index >= 15 is 0 Å². The Labute approximate surface area is 59.9 Å². The molecule has 0 bridgehead atoms. The Balaban J connectivity index is 2.96. The summed E-state index contributed by atoms with van der Waals surface area (Å²) in [6.07, 6.45) is 0. The Morgan fingerprint density at radius 2 is 2.20 bits per heavy atom. The smallest absolute Gasteiger partial charge is 0.160 e. The van der Waals surface area contributed by atoms with Gasteiger partial charge < -0.3 is 14.4 Å². The molecule has 0 fully saturated rings. The minimum Gasteiger partial charge on any atom is -0.356 e. The fourth-order valence-corrected chi connectivity index (χ4v) is 0.324. The first kappa shape index (κ1) is 9.42. The lowest BCUT2D eigenvalue weighted by Gasteiger charge is -2.02. The number of ether oxygens (including phenoxy) is 2. The van der Waals surface area contributed by atoms with Gasteiger partial charge in [0.1, 0.15) is 13.4 Å². The summed E-state index contributed by atoms with van der Waals surface area (Å²) in [7, 11) is 0. The second-order valence-corrected chi connectivity index (χ2v) is 1.59. The molecule has 4 nitrogen and oxygen atoms in total. The molecule has 0 spiro atoms. The Bertz CT molecular complexity index is 91.7. The van der Waals surface area contributed by atoms with Crippen LogP contribution in [0, 0.1) is 0 Å². The summed E-state index contributed by atoms with van der Waals surface area (Å²) < 4.78 is 9.65. The predicted molar refractivity (Wildman–Crippen MR) is 35.3 cm³/mol. The molecule has 0 aliphatic rings. The molecule has 0 radical (unpaired) electrons. The van der Waals surface area contributed by atoms with Gasteiger partial charge >= 0.3 is 0 Å². The van der Waals surface area contributed by atoms with Crippen molar-refractivity contribution in [1.29, 1.82) is 0 Å². The van der Waals surface area contributed by atoms with E-state index in [1.54, 1.807) is 0 Å². The lowest BCUT2D eigenvalue weighted by atomic mass is 10.6. The van der Waals surface area contributed by atoms with Gasteiger partial charge in [-0.1, -0.05) is 6.58 Å². The molecule has 0 atom stereocenters. The van der Waals surface area contributed by atoms with Gasteiger partial charge in [-0.2, -0.15) is 0 Å². The molecule has 0 aromatic heterocycles. The molecule has 0 saturated carbocycles. The topological polar surface area (TPSA) is 47.9 Å². The van der Waals surface area contributed by atoms with E-state index in [-0.39, 0.29) is 19.2 Å². The van der Waals surface area contributed by atoms with Gasteiger partial charge in [-0.15, -0.1) is 0 Å². The largest absolute Gasteiger partial charge is 0.356 e. The van der Waals surface area contributed by atoms with Gasteiger partial charge in [0.25, 0.3) is 0 Å². The minimum absolute atomic E-state index is 0.149. The fourth-order valence-electron chi connectivity index (χ4n) is 0.324. The first-order chi connectivity index (χ1) is 4.81. The highest BCUT2D eigenvalue weighted by atomic mass is 17.1. The van der Waals surface area contributed by atoms with Crippen molar-refractivity contribution in [3.8, 4) is 0 Å². The quantitative estimate of drug-likeness (QED) is 0.201. The van der Waals surface area contributed by atoms with Crippen LogP contribution in [-0.4, -0.2) is 25.3 Å². The Morgan fingerprint density at radius 3 is 2.70 bits per heavy atom. The van der Waals surface area contributed by atoms with Crippen LogP contribution in [0.4, 0.5) is 0 Å². The summed E-state index contributed by atoms with van der Waals surface area (Å²) in [5.41, 5.74) is 0. The summed E-state index contributed by atoms with van der Waals surface area (Å²) in [5.74, 6) is 0.166. The van der Waals surface area contributed by atoms with Gasteiger partial charge in [-0.05, 0) is 6.92 Å². The summed E-state index contributed by atoms with van der Waals surface area (Å²) in [5, 5.41) is 7.97. The predicted octanol–water partition coefficient (Wildman–Crippen LogP) is 1.00. The van der Waals surface area contributed by atoms with Gasteiger partial charge in [0.2, 0.25) is 0 Å². The molecule has 0 aromatic rings. The molecular formula is C6H12O4. The normalized spacial score (nSPS) is 9.40. The molecule has 4 heteroatoms. The van der Waals surface area contributed by atoms with Crippen molar-refractivity contribution in [3.63, 3.8) is 0 Å². The monoisotopic (exact) mass is 148 g/mol. The Hall–Kier alpha value is -0.580. The third-order valence-electron chi connectivity index (χ3n) is 0.763. The molecule has 0 unspecified atom stereocenters. The van der Waals surface area contributed by atoms with E-state index in [9.17, 15) is 0 Å². The molecule has 60 valence electrons. The average Bonchev–Trinajstić information content (AvgIpc) is 1.98. The van der Waals surface area contributed by atoms with Crippen LogP contribution in [0.5, 0.6) is 0 Å². The van der Waals surface area contributed by atoms with Gasteiger partial charge in [0, 0.05) is 6.61 Å². The third-order valence-corrected chi connectivity index (χ3v) is 0.763. The zero-order valence-electron chi connectivity index (χ0n) is 6.00. The van der Waals surface area contributed by atoms with Crippen molar-refractivity contribution in [3.05, 3.63) is 12.3 Å². The van der Waals surface area contributed by atoms with Gasteiger partial charge in [-0.3, -0.25) is 0 Å². The number of rotatable bonds is 6. The molecule has 1 N–H and O–H groups in total. The highest BCUT2D eigenvalue weighted by Crippen LogP contribution is 1.90. The van der Waals surface area contributed by atoms with E-state index in [0.29, 0.717) is 6.61 Å². The lowest BCUT2D eigenvalue weighted by Crippen LogP contribution is -2.03. The van der Waals surface area contributed by atoms with Gasteiger partial charge in [-0.25, -0.2) is 5.26 Å². The van der Waals surface area contributed by atoms with E-state index in [4.69, 9.17) is 14.7 Å². The second kappa shape index (κ2) is 6.54. The Kier molecular flexibility index (Phi) is 6.16. The average molecular weight is 148 g/mol. The van der Waals surface area contributed by atoms with Crippen molar-refractivity contribution in [2.45, 2.75) is 6.92 Å². The van der Waals surface area contributed by atoms with Gasteiger partial charge in [0.15, 0.2) is 5.76 Å². The van der Waals surface area contributed by atoms with Crippen molar-refractivity contribution < 1.29 is 19.6 Å². The molecule has 0 amide bonds. The maximum absolute atomic E-state index is 7.97. The van der Waals surface area contributed by atoms with Crippen LogP contribution in [0.25, 0.3) is 0 Å². The minimum atomic E-state index is 0.149. The number of hydrogen-bond donors (Lipinski definition) is 1. The van der Waals surface area contributed by atoms with E-state index in [0.717, 1.165) is 0 Å². The van der Waals surface area contributed by atoms with Crippen LogP contribution in [0.1, 0.15) is 6.92 Å². The van der Waals surface area contributed by atoms with Crippen LogP contribution in [0.3, 0.4) is 0 Å². The summed E-state index contributed by atoms with van der Waals surface area (Å²) in [4.78, 5) is 3.76. The zero-order valence-corrected chi connectivity index (χ0v) is 6.00. The molecular weight excluding hydrogens is 136 g/mol. The first-order valence-corrected chi connectivity index (χ1v) is 2.96. The summed E-state index contributed by atoms with van der Waals surface area (Å²) in [6.45, 7) is 6.13. The highest BCUT2D eigenvalue weighted by Gasteiger charge is 1.92. The van der Waals surface area contributed by atoms with Crippen LogP contribution in [0.15, 0.2) is 12.3 Å². The third kappa shape index (κ3) is 5.55. The van der Waals surface area contributed by atoms with E-state index in [1.807, 2.05) is 6.92 Å². The fraction of sp³-hybridized carbons (Fsp3) is 0.667. The molecule has 0 rings (SSSR count). The van der Waals surface area contributed by atoms with Crippen LogP contribution < -0.4 is 0 Å². The van der Waals surface area contributed by atoms with Crippen molar-refractivity contribution in [1.82, 2.24) is 0 Å². The molecule has 0 aliphatic heterocycles. The SMILES string of the molecule is C=C(COCOCC)OO. The molecule has 10 heavy (non-hydrogen) atoms. The van der Waals surface area contributed by atoms with Crippen LogP contribution in [0.2, 0.25) is 0 Å². The molecule has 0 aliphatic carbocycles. The molecule has 0 heterocycles. The van der Waals surface area contributed by atoms with E-state index < -0.39 is 0 Å². The summed E-state index contributed by atoms with van der Waals surface area (Å²) >= 11 is 0. The van der Waals surface area contributed by atoms with Gasteiger partial charge in [0.05, 0.1) is 0 Å². The van der Waals surface area contributed by atoms with Crippen LogP contribution in [-0.2, 0) is 14.4 Å². The molecule has 0 aromatic carbocycles. The van der Waals surface area contributed by atoms with Crippen molar-refractivity contribution in [2.24, 2.45) is 0 Å². The zero-order chi connectivity index (χ0) is 7.82. The summed E-state index contributed by atoms with van der Waals surface area (Å²) in [6, 6.07) is 0. The molecule has 0 saturated heterocycles. The first-order valence-electron chi connectivity index (χ1n) is 2.96. The lowest BCUT2D eigenvalue weighted by molar-refractivity contribution is -0.213. The van der Waals surface area contributed by atoms with Crippen LogP contribution >= 0.6 is 0 Å². The van der Waals surface area contributed by atoms with Crippen molar-refractivity contribution >= 4 is 0 Å². The maximum Gasteiger partial charge on any atom is 0.160 e.